The summed E-state index contributed by atoms with van der Waals surface area (Å²) in [5.41, 5.74) is 2.52. The van der Waals surface area contributed by atoms with Crippen LogP contribution in [-0.4, -0.2) is 66.3 Å². The molecule has 0 unspecified atom stereocenters. The Balaban J connectivity index is 1.59. The van der Waals surface area contributed by atoms with Crippen LogP contribution in [0.3, 0.4) is 0 Å². The molecule has 0 saturated carbocycles. The molecule has 0 bridgehead atoms. The Morgan fingerprint density at radius 3 is 3.00 bits per heavy atom. The summed E-state index contributed by atoms with van der Waals surface area (Å²) in [5.74, 6) is 2.02. The molecule has 0 spiro atoms. The molecule has 8 nitrogen and oxygen atoms in total. The number of aromatic nitrogens is 4. The molecule has 154 valence electrons. The van der Waals surface area contributed by atoms with E-state index in [1.165, 1.54) is 0 Å². The average molecular weight is 397 g/mol. The Morgan fingerprint density at radius 1 is 1.28 bits per heavy atom. The first-order chi connectivity index (χ1) is 14.1. The number of morpholine rings is 1. The van der Waals surface area contributed by atoms with Crippen molar-refractivity contribution in [3.8, 4) is 17.1 Å². The van der Waals surface area contributed by atoms with Gasteiger partial charge < -0.3 is 19.1 Å². The lowest BCUT2D eigenvalue weighted by Gasteiger charge is -2.31. The highest BCUT2D eigenvalue weighted by Gasteiger charge is 2.19. The number of H-pyrrole nitrogens is 1. The Bertz CT molecular complexity index is 960. The van der Waals surface area contributed by atoms with E-state index in [-0.39, 0.29) is 6.10 Å². The van der Waals surface area contributed by atoms with Crippen molar-refractivity contribution < 1.29 is 14.2 Å². The van der Waals surface area contributed by atoms with Gasteiger partial charge in [-0.15, -0.1) is 0 Å². The third-order valence-electron chi connectivity index (χ3n) is 4.98. The predicted molar refractivity (Wildman–Crippen MR) is 111 cm³/mol. The summed E-state index contributed by atoms with van der Waals surface area (Å²) in [5, 5.41) is 8.56. The van der Waals surface area contributed by atoms with Gasteiger partial charge in [0.05, 0.1) is 37.1 Å². The number of hydrogen-bond acceptors (Lipinski definition) is 7. The van der Waals surface area contributed by atoms with Gasteiger partial charge in [-0.3, -0.25) is 5.10 Å². The molecule has 0 aliphatic carbocycles. The van der Waals surface area contributed by atoms with Crippen molar-refractivity contribution in [3.63, 3.8) is 0 Å². The van der Waals surface area contributed by atoms with E-state index in [1.54, 1.807) is 13.4 Å². The van der Waals surface area contributed by atoms with Gasteiger partial charge >= 0.3 is 0 Å². The quantitative estimate of drug-likeness (QED) is 0.656. The Labute approximate surface area is 170 Å². The first-order valence-electron chi connectivity index (χ1n) is 9.93. The molecule has 3 heterocycles. The van der Waals surface area contributed by atoms with Crippen LogP contribution < -0.4 is 9.64 Å². The monoisotopic (exact) mass is 397 g/mol. The fraction of sp³-hybridized carbons (Fsp3) is 0.476. The molecule has 1 saturated heterocycles. The standard InChI is InChI=1S/C21H27N5O3/c1-14(11-27-3)12-29-16-4-5-18-17(8-16)21(25-24-18)19-9-20(23-13-22-19)26-6-7-28-15(2)10-26/h4-5,8-9,13-15H,6-7,10-12H2,1-3H3,(H,24,25)/t14-,15-/m1/s1. The SMILES string of the molecule is COC[C@@H](C)COc1ccc2[nH]nc(-c3cc(N4CCO[C@H](C)C4)ncn3)c2c1. The number of benzene rings is 1. The van der Waals surface area contributed by atoms with Gasteiger partial charge in [-0.1, -0.05) is 6.92 Å². The lowest BCUT2D eigenvalue weighted by Crippen LogP contribution is -2.41. The molecule has 29 heavy (non-hydrogen) atoms. The molecule has 2 atom stereocenters. The maximum atomic E-state index is 5.94. The largest absolute Gasteiger partial charge is 0.493 e. The third-order valence-corrected chi connectivity index (χ3v) is 4.98. The second kappa shape index (κ2) is 8.75. The fourth-order valence-corrected chi connectivity index (χ4v) is 3.53. The number of fused-ring (bicyclic) bond motifs is 1. The summed E-state index contributed by atoms with van der Waals surface area (Å²) in [6, 6.07) is 7.92. The first kappa shape index (κ1) is 19.6. The van der Waals surface area contributed by atoms with Crippen molar-refractivity contribution in [1.29, 1.82) is 0 Å². The van der Waals surface area contributed by atoms with E-state index in [1.807, 2.05) is 24.3 Å². The van der Waals surface area contributed by atoms with Gasteiger partial charge in [-0.05, 0) is 25.1 Å². The molecular formula is C21H27N5O3. The Hall–Kier alpha value is -2.71. The molecule has 4 rings (SSSR count). The number of anilines is 1. The van der Waals surface area contributed by atoms with Gasteiger partial charge in [0.1, 0.15) is 23.6 Å². The van der Waals surface area contributed by atoms with Gasteiger partial charge in [0, 0.05) is 37.6 Å². The predicted octanol–water partition coefficient (Wildman–Crippen LogP) is 2.91. The van der Waals surface area contributed by atoms with Crippen molar-refractivity contribution in [2.45, 2.75) is 20.0 Å². The molecule has 1 aliphatic rings. The Kier molecular flexibility index (Phi) is 5.92. The normalized spacial score (nSPS) is 18.2. The van der Waals surface area contributed by atoms with Crippen LogP contribution in [0.1, 0.15) is 13.8 Å². The van der Waals surface area contributed by atoms with Crippen molar-refractivity contribution in [2.24, 2.45) is 5.92 Å². The van der Waals surface area contributed by atoms with Gasteiger partial charge in [0.2, 0.25) is 0 Å². The smallest absolute Gasteiger partial charge is 0.132 e. The fourth-order valence-electron chi connectivity index (χ4n) is 3.53. The van der Waals surface area contributed by atoms with Crippen LogP contribution in [0.4, 0.5) is 5.82 Å². The number of nitrogens with one attached hydrogen (secondary N) is 1. The summed E-state index contributed by atoms with van der Waals surface area (Å²) in [6.45, 7) is 7.77. The van der Waals surface area contributed by atoms with Crippen LogP contribution in [0, 0.1) is 5.92 Å². The molecule has 0 amide bonds. The molecule has 1 aromatic carbocycles. The van der Waals surface area contributed by atoms with Gasteiger partial charge in [0.15, 0.2) is 0 Å². The highest BCUT2D eigenvalue weighted by atomic mass is 16.5. The zero-order valence-corrected chi connectivity index (χ0v) is 17.1. The number of hydrogen-bond donors (Lipinski definition) is 1. The molecule has 2 aromatic heterocycles. The van der Waals surface area contributed by atoms with E-state index in [0.717, 1.165) is 46.9 Å². The summed E-state index contributed by atoms with van der Waals surface area (Å²) >= 11 is 0. The summed E-state index contributed by atoms with van der Waals surface area (Å²) in [4.78, 5) is 11.1. The molecule has 0 radical (unpaired) electrons. The summed E-state index contributed by atoms with van der Waals surface area (Å²) in [7, 11) is 1.70. The molecule has 1 N–H and O–H groups in total. The van der Waals surface area contributed by atoms with Crippen molar-refractivity contribution in [1.82, 2.24) is 20.2 Å². The maximum absolute atomic E-state index is 5.94. The van der Waals surface area contributed by atoms with E-state index in [4.69, 9.17) is 14.2 Å². The van der Waals surface area contributed by atoms with Gasteiger partial charge in [-0.25, -0.2) is 9.97 Å². The second-order valence-corrected chi connectivity index (χ2v) is 7.54. The number of aromatic amines is 1. The molecular weight excluding hydrogens is 370 g/mol. The van der Waals surface area contributed by atoms with Crippen molar-refractivity contribution >= 4 is 16.7 Å². The van der Waals surface area contributed by atoms with Crippen LogP contribution in [0.5, 0.6) is 5.75 Å². The van der Waals surface area contributed by atoms with Gasteiger partial charge in [-0.2, -0.15) is 5.10 Å². The van der Waals surface area contributed by atoms with E-state index in [2.05, 4.69) is 38.9 Å². The summed E-state index contributed by atoms with van der Waals surface area (Å²) < 4.78 is 16.8. The minimum absolute atomic E-state index is 0.189. The number of rotatable bonds is 7. The molecule has 3 aromatic rings. The lowest BCUT2D eigenvalue weighted by atomic mass is 10.1. The van der Waals surface area contributed by atoms with Crippen LogP contribution >= 0.6 is 0 Å². The van der Waals surface area contributed by atoms with E-state index >= 15 is 0 Å². The van der Waals surface area contributed by atoms with E-state index in [9.17, 15) is 0 Å². The highest BCUT2D eigenvalue weighted by molar-refractivity contribution is 5.93. The zero-order valence-electron chi connectivity index (χ0n) is 17.1. The lowest BCUT2D eigenvalue weighted by molar-refractivity contribution is 0.0529. The minimum Gasteiger partial charge on any atom is -0.493 e. The van der Waals surface area contributed by atoms with Crippen LogP contribution in [0.25, 0.3) is 22.3 Å². The average Bonchev–Trinajstić information content (AvgIpc) is 3.16. The molecule has 8 heteroatoms. The molecule has 1 aliphatic heterocycles. The molecule has 1 fully saturated rings. The van der Waals surface area contributed by atoms with Crippen LogP contribution in [0.2, 0.25) is 0 Å². The van der Waals surface area contributed by atoms with Gasteiger partial charge in [0.25, 0.3) is 0 Å². The van der Waals surface area contributed by atoms with Crippen LogP contribution in [-0.2, 0) is 9.47 Å². The number of methoxy groups -OCH3 is 1. The topological polar surface area (TPSA) is 85.4 Å². The number of nitrogens with zero attached hydrogens (tertiary/aromatic N) is 4. The summed E-state index contributed by atoms with van der Waals surface area (Å²) in [6.07, 6.45) is 1.78. The highest BCUT2D eigenvalue weighted by Crippen LogP contribution is 2.30. The second-order valence-electron chi connectivity index (χ2n) is 7.54. The van der Waals surface area contributed by atoms with Crippen molar-refractivity contribution in [2.75, 3.05) is 44.9 Å². The maximum Gasteiger partial charge on any atom is 0.132 e. The first-order valence-corrected chi connectivity index (χ1v) is 9.93. The zero-order chi connectivity index (χ0) is 20.2. The minimum atomic E-state index is 0.189. The Morgan fingerprint density at radius 2 is 2.17 bits per heavy atom. The third kappa shape index (κ3) is 4.49. The van der Waals surface area contributed by atoms with Crippen LogP contribution in [0.15, 0.2) is 30.6 Å². The number of ether oxygens (including phenoxy) is 3. The van der Waals surface area contributed by atoms with E-state index in [0.29, 0.717) is 25.7 Å². The van der Waals surface area contributed by atoms with E-state index < -0.39 is 0 Å². The van der Waals surface area contributed by atoms with Crippen molar-refractivity contribution in [3.05, 3.63) is 30.6 Å².